The third-order valence-electron chi connectivity index (χ3n) is 4.03. The van der Waals surface area contributed by atoms with Gasteiger partial charge in [0.1, 0.15) is 0 Å². The van der Waals surface area contributed by atoms with Crippen molar-refractivity contribution in [3.05, 3.63) is 41.0 Å². The topological polar surface area (TPSA) is 23.5 Å². The lowest BCUT2D eigenvalue weighted by molar-refractivity contribution is 0.0329. The molecule has 2 unspecified atom stereocenters. The summed E-state index contributed by atoms with van der Waals surface area (Å²) in [4.78, 5) is 2.12. The van der Waals surface area contributed by atoms with Crippen LogP contribution in [0.25, 0.3) is 6.08 Å². The first-order valence-electron chi connectivity index (χ1n) is 6.58. The van der Waals surface area contributed by atoms with Crippen LogP contribution < -0.4 is 0 Å². The van der Waals surface area contributed by atoms with E-state index in [0.717, 1.165) is 18.4 Å². The Morgan fingerprint density at radius 2 is 1.89 bits per heavy atom. The van der Waals surface area contributed by atoms with Gasteiger partial charge in [0.2, 0.25) is 0 Å². The molecule has 2 atom stereocenters. The zero-order chi connectivity index (χ0) is 13.3. The number of aliphatic hydroxyl groups is 1. The van der Waals surface area contributed by atoms with E-state index in [1.807, 2.05) is 21.0 Å². The second-order valence-corrected chi connectivity index (χ2v) is 5.75. The number of likely N-dealkylation sites (N-methyl/N-ethyl adjacent to an activating group) is 1. The zero-order valence-corrected chi connectivity index (χ0v) is 11.8. The molecule has 1 N–H and O–H groups in total. The van der Waals surface area contributed by atoms with Crippen LogP contribution in [-0.2, 0) is 0 Å². The minimum atomic E-state index is -0.714. The molecule has 1 aromatic carbocycles. The summed E-state index contributed by atoms with van der Waals surface area (Å²) in [6.45, 7) is 4.02. The van der Waals surface area contributed by atoms with E-state index < -0.39 is 5.60 Å². The highest BCUT2D eigenvalue weighted by molar-refractivity contribution is 5.56. The molecule has 1 saturated carbocycles. The van der Waals surface area contributed by atoms with E-state index >= 15 is 0 Å². The van der Waals surface area contributed by atoms with Crippen molar-refractivity contribution in [2.45, 2.75) is 38.3 Å². The van der Waals surface area contributed by atoms with E-state index in [1.165, 1.54) is 11.1 Å². The van der Waals surface area contributed by atoms with E-state index in [4.69, 9.17) is 0 Å². The Kier molecular flexibility index (Phi) is 3.60. The monoisotopic (exact) mass is 245 g/mol. The van der Waals surface area contributed by atoms with E-state index in [1.54, 1.807) is 0 Å². The highest BCUT2D eigenvalue weighted by Crippen LogP contribution is 2.38. The van der Waals surface area contributed by atoms with Crippen LogP contribution >= 0.6 is 0 Å². The SMILES string of the molecule is Cc1ccc(/C=C2\CCC(N(C)C)C2(C)O)cc1. The maximum absolute atomic E-state index is 10.7. The lowest BCUT2D eigenvalue weighted by Gasteiger charge is -2.32. The second kappa shape index (κ2) is 4.87. The Morgan fingerprint density at radius 1 is 1.28 bits per heavy atom. The molecule has 0 bridgehead atoms. The summed E-state index contributed by atoms with van der Waals surface area (Å²) in [6, 6.07) is 8.66. The molecule has 0 heterocycles. The van der Waals surface area contributed by atoms with Crippen LogP contribution in [0.1, 0.15) is 30.9 Å². The molecule has 0 spiro atoms. The predicted molar refractivity (Wildman–Crippen MR) is 76.5 cm³/mol. The average Bonchev–Trinajstić information content (AvgIpc) is 2.58. The maximum atomic E-state index is 10.7. The summed E-state index contributed by atoms with van der Waals surface area (Å²) in [5, 5.41) is 10.7. The van der Waals surface area contributed by atoms with E-state index in [2.05, 4.69) is 42.2 Å². The van der Waals surface area contributed by atoms with Crippen molar-refractivity contribution in [2.75, 3.05) is 14.1 Å². The fraction of sp³-hybridized carbons (Fsp3) is 0.500. The van der Waals surface area contributed by atoms with Gasteiger partial charge in [0, 0.05) is 6.04 Å². The van der Waals surface area contributed by atoms with Crippen molar-refractivity contribution < 1.29 is 5.11 Å². The lowest BCUT2D eigenvalue weighted by atomic mass is 9.93. The average molecular weight is 245 g/mol. The molecule has 2 rings (SSSR count). The van der Waals surface area contributed by atoms with Crippen LogP contribution in [-0.4, -0.2) is 35.7 Å². The predicted octanol–water partition coefficient (Wildman–Crippen LogP) is 2.85. The summed E-state index contributed by atoms with van der Waals surface area (Å²) in [6.07, 6.45) is 4.14. The number of hydrogen-bond donors (Lipinski definition) is 1. The molecule has 1 aliphatic carbocycles. The van der Waals surface area contributed by atoms with Gasteiger partial charge in [0.05, 0.1) is 5.60 Å². The molecule has 2 nitrogen and oxygen atoms in total. The standard InChI is InChI=1S/C16H23NO/c1-12-5-7-13(8-6-12)11-14-9-10-15(17(3)4)16(14,2)18/h5-8,11,15,18H,9-10H2,1-4H3/b14-11+. The summed E-state index contributed by atoms with van der Waals surface area (Å²) in [5.41, 5.74) is 2.87. The molecular weight excluding hydrogens is 222 g/mol. The van der Waals surface area contributed by atoms with Gasteiger partial charge in [-0.15, -0.1) is 0 Å². The van der Waals surface area contributed by atoms with Gasteiger partial charge in [-0.25, -0.2) is 0 Å². The normalized spacial score (nSPS) is 30.3. The molecule has 0 saturated heterocycles. The third kappa shape index (κ3) is 2.50. The minimum Gasteiger partial charge on any atom is -0.384 e. The number of nitrogens with zero attached hydrogens (tertiary/aromatic N) is 1. The largest absolute Gasteiger partial charge is 0.384 e. The molecule has 0 aliphatic heterocycles. The van der Waals surface area contributed by atoms with E-state index in [-0.39, 0.29) is 6.04 Å². The first-order chi connectivity index (χ1) is 8.41. The molecule has 18 heavy (non-hydrogen) atoms. The number of rotatable bonds is 2. The Morgan fingerprint density at radius 3 is 2.39 bits per heavy atom. The number of benzene rings is 1. The highest BCUT2D eigenvalue weighted by Gasteiger charge is 2.42. The van der Waals surface area contributed by atoms with Gasteiger partial charge in [-0.1, -0.05) is 35.9 Å². The fourth-order valence-electron chi connectivity index (χ4n) is 2.88. The van der Waals surface area contributed by atoms with Crippen molar-refractivity contribution >= 4 is 6.08 Å². The summed E-state index contributed by atoms with van der Waals surface area (Å²) in [5.74, 6) is 0. The molecule has 1 fully saturated rings. The number of aryl methyl sites for hydroxylation is 1. The molecular formula is C16H23NO. The third-order valence-corrected chi connectivity index (χ3v) is 4.03. The van der Waals surface area contributed by atoms with Crippen molar-refractivity contribution in [3.63, 3.8) is 0 Å². The van der Waals surface area contributed by atoms with Crippen molar-refractivity contribution in [2.24, 2.45) is 0 Å². The van der Waals surface area contributed by atoms with Gasteiger partial charge in [-0.05, 0) is 51.9 Å². The smallest absolute Gasteiger partial charge is 0.0986 e. The van der Waals surface area contributed by atoms with Crippen molar-refractivity contribution in [3.8, 4) is 0 Å². The molecule has 0 aromatic heterocycles. The van der Waals surface area contributed by atoms with Crippen LogP contribution in [0.4, 0.5) is 0 Å². The minimum absolute atomic E-state index is 0.217. The van der Waals surface area contributed by atoms with Crippen LogP contribution in [0.15, 0.2) is 29.8 Å². The van der Waals surface area contributed by atoms with Crippen molar-refractivity contribution in [1.29, 1.82) is 0 Å². The van der Waals surface area contributed by atoms with Crippen LogP contribution in [0.5, 0.6) is 0 Å². The number of hydrogen-bond acceptors (Lipinski definition) is 2. The summed E-state index contributed by atoms with van der Waals surface area (Å²) < 4.78 is 0. The van der Waals surface area contributed by atoms with E-state index in [0.29, 0.717) is 0 Å². The van der Waals surface area contributed by atoms with Crippen LogP contribution in [0.3, 0.4) is 0 Å². The Balaban J connectivity index is 2.27. The maximum Gasteiger partial charge on any atom is 0.0986 e. The van der Waals surface area contributed by atoms with Gasteiger partial charge in [-0.2, -0.15) is 0 Å². The molecule has 1 aliphatic rings. The van der Waals surface area contributed by atoms with Gasteiger partial charge in [0.15, 0.2) is 0 Å². The van der Waals surface area contributed by atoms with Crippen LogP contribution in [0.2, 0.25) is 0 Å². The van der Waals surface area contributed by atoms with Gasteiger partial charge in [-0.3, -0.25) is 0 Å². The second-order valence-electron chi connectivity index (χ2n) is 5.75. The highest BCUT2D eigenvalue weighted by atomic mass is 16.3. The molecule has 0 radical (unpaired) electrons. The first-order valence-corrected chi connectivity index (χ1v) is 6.58. The molecule has 0 amide bonds. The Bertz CT molecular complexity index is 443. The zero-order valence-electron chi connectivity index (χ0n) is 11.8. The Labute approximate surface area is 110 Å². The molecule has 98 valence electrons. The molecule has 2 heteroatoms. The van der Waals surface area contributed by atoms with Gasteiger partial charge in [0.25, 0.3) is 0 Å². The summed E-state index contributed by atoms with van der Waals surface area (Å²) >= 11 is 0. The lowest BCUT2D eigenvalue weighted by Crippen LogP contribution is -2.44. The van der Waals surface area contributed by atoms with Gasteiger partial charge < -0.3 is 10.0 Å². The Hall–Kier alpha value is -1.12. The van der Waals surface area contributed by atoms with E-state index in [9.17, 15) is 5.11 Å². The first kappa shape index (κ1) is 13.3. The molecule has 1 aromatic rings. The quantitative estimate of drug-likeness (QED) is 0.866. The summed E-state index contributed by atoms with van der Waals surface area (Å²) in [7, 11) is 4.07. The fourth-order valence-corrected chi connectivity index (χ4v) is 2.88. The van der Waals surface area contributed by atoms with Crippen molar-refractivity contribution in [1.82, 2.24) is 4.90 Å². The van der Waals surface area contributed by atoms with Gasteiger partial charge >= 0.3 is 0 Å². The van der Waals surface area contributed by atoms with Crippen LogP contribution in [0, 0.1) is 6.92 Å².